The fraction of sp³-hybridized carbons (Fsp3) is 0.550. The lowest BCUT2D eigenvalue weighted by atomic mass is 10.0. The second kappa shape index (κ2) is 8.18. The molecule has 0 aromatic heterocycles. The van der Waals surface area contributed by atoms with Gasteiger partial charge in [0.25, 0.3) is 5.91 Å². The molecule has 0 spiro atoms. The summed E-state index contributed by atoms with van der Waals surface area (Å²) in [6, 6.07) is 7.17. The van der Waals surface area contributed by atoms with Crippen molar-refractivity contribution in [3.63, 3.8) is 0 Å². The van der Waals surface area contributed by atoms with E-state index in [4.69, 9.17) is 0 Å². The first-order chi connectivity index (χ1) is 13.6. The average Bonchev–Trinajstić information content (AvgIpc) is 3.52. The van der Waals surface area contributed by atoms with Gasteiger partial charge in [-0.1, -0.05) is 6.07 Å². The summed E-state index contributed by atoms with van der Waals surface area (Å²) in [4.78, 5) is 40.9. The van der Waals surface area contributed by atoms with Gasteiger partial charge in [0.1, 0.15) is 0 Å². The van der Waals surface area contributed by atoms with Crippen molar-refractivity contribution in [2.75, 3.05) is 38.0 Å². The molecule has 4 amide bonds. The van der Waals surface area contributed by atoms with Gasteiger partial charge in [0.15, 0.2) is 0 Å². The number of anilines is 1. The third-order valence-corrected chi connectivity index (χ3v) is 5.53. The molecule has 2 saturated heterocycles. The van der Waals surface area contributed by atoms with Crippen molar-refractivity contribution in [1.29, 1.82) is 0 Å². The molecule has 1 aliphatic carbocycles. The standard InChI is InChI=1S/C20H27N5O3/c26-18-12-21-8-10-25(18)17-5-2-9-24(13-17)19(27)14-3-1-4-16(11-14)23-20(28)22-15-6-7-15/h1,3-4,11,15,17,21H,2,5-10,12-13H2,(H2,22,23,28). The Labute approximate surface area is 164 Å². The van der Waals surface area contributed by atoms with Crippen LogP contribution in [-0.2, 0) is 4.79 Å². The van der Waals surface area contributed by atoms with Crippen LogP contribution in [0.25, 0.3) is 0 Å². The topological polar surface area (TPSA) is 93.8 Å². The SMILES string of the molecule is O=C(Nc1cccc(C(=O)N2CCCC(N3CCNCC3=O)C2)c1)NC1CC1. The molecule has 8 heteroatoms. The zero-order valence-corrected chi connectivity index (χ0v) is 15.9. The highest BCUT2D eigenvalue weighted by Crippen LogP contribution is 2.21. The number of amides is 4. The Morgan fingerprint density at radius 1 is 1.14 bits per heavy atom. The van der Waals surface area contributed by atoms with Crippen molar-refractivity contribution in [3.8, 4) is 0 Å². The van der Waals surface area contributed by atoms with Crippen LogP contribution in [0.1, 0.15) is 36.0 Å². The van der Waals surface area contributed by atoms with Gasteiger partial charge in [-0.3, -0.25) is 9.59 Å². The lowest BCUT2D eigenvalue weighted by Gasteiger charge is -2.41. The average molecular weight is 385 g/mol. The summed E-state index contributed by atoms with van der Waals surface area (Å²) in [5.74, 6) is 0.0527. The summed E-state index contributed by atoms with van der Waals surface area (Å²) in [6.07, 6.45) is 3.86. The van der Waals surface area contributed by atoms with Gasteiger partial charge in [-0.2, -0.15) is 0 Å². The van der Waals surface area contributed by atoms with E-state index < -0.39 is 0 Å². The van der Waals surface area contributed by atoms with E-state index in [0.29, 0.717) is 37.4 Å². The molecule has 1 aromatic rings. The van der Waals surface area contributed by atoms with Gasteiger partial charge in [0, 0.05) is 49.5 Å². The Morgan fingerprint density at radius 3 is 2.79 bits per heavy atom. The Kier molecular flexibility index (Phi) is 5.47. The van der Waals surface area contributed by atoms with Gasteiger partial charge in [0.05, 0.1) is 6.54 Å². The first-order valence-electron chi connectivity index (χ1n) is 10.1. The predicted octanol–water partition coefficient (Wildman–Crippen LogP) is 1.01. The van der Waals surface area contributed by atoms with Gasteiger partial charge in [0.2, 0.25) is 5.91 Å². The molecule has 0 radical (unpaired) electrons. The molecule has 4 rings (SSSR count). The monoisotopic (exact) mass is 385 g/mol. The van der Waals surface area contributed by atoms with Crippen LogP contribution >= 0.6 is 0 Å². The smallest absolute Gasteiger partial charge is 0.319 e. The van der Waals surface area contributed by atoms with E-state index in [-0.39, 0.29) is 29.9 Å². The number of carbonyl (C=O) groups is 3. The van der Waals surface area contributed by atoms with Gasteiger partial charge in [-0.25, -0.2) is 4.79 Å². The fourth-order valence-corrected chi connectivity index (χ4v) is 3.89. The maximum atomic E-state index is 13.0. The number of piperidine rings is 1. The van der Waals surface area contributed by atoms with Gasteiger partial charge in [-0.05, 0) is 43.9 Å². The molecule has 150 valence electrons. The predicted molar refractivity (Wildman–Crippen MR) is 105 cm³/mol. The lowest BCUT2D eigenvalue weighted by Crippen LogP contribution is -2.57. The number of hydrogen-bond acceptors (Lipinski definition) is 4. The number of piperazine rings is 1. The van der Waals surface area contributed by atoms with E-state index in [0.717, 1.165) is 32.2 Å². The van der Waals surface area contributed by atoms with Gasteiger partial charge >= 0.3 is 6.03 Å². The molecular formula is C20H27N5O3. The molecule has 1 unspecified atom stereocenters. The van der Waals surface area contributed by atoms with E-state index in [1.54, 1.807) is 24.3 Å². The van der Waals surface area contributed by atoms with Crippen LogP contribution in [-0.4, -0.2) is 72.5 Å². The summed E-state index contributed by atoms with van der Waals surface area (Å²) in [5, 5.41) is 8.76. The molecule has 3 aliphatic rings. The van der Waals surface area contributed by atoms with Crippen LogP contribution < -0.4 is 16.0 Å². The Balaban J connectivity index is 1.39. The van der Waals surface area contributed by atoms with Crippen molar-refractivity contribution >= 4 is 23.5 Å². The number of rotatable bonds is 4. The zero-order valence-electron chi connectivity index (χ0n) is 15.9. The minimum absolute atomic E-state index is 0.0569. The molecule has 28 heavy (non-hydrogen) atoms. The van der Waals surface area contributed by atoms with Gasteiger partial charge < -0.3 is 25.8 Å². The highest BCUT2D eigenvalue weighted by Gasteiger charge is 2.32. The number of likely N-dealkylation sites (tertiary alicyclic amines) is 1. The third-order valence-electron chi connectivity index (χ3n) is 5.53. The third kappa shape index (κ3) is 4.44. The summed E-state index contributed by atoms with van der Waals surface area (Å²) < 4.78 is 0. The number of urea groups is 1. The fourth-order valence-electron chi connectivity index (χ4n) is 3.89. The Bertz CT molecular complexity index is 764. The van der Waals surface area contributed by atoms with Crippen LogP contribution in [0.4, 0.5) is 10.5 Å². The normalized spacial score (nSPS) is 22.7. The van der Waals surface area contributed by atoms with Crippen molar-refractivity contribution in [1.82, 2.24) is 20.4 Å². The van der Waals surface area contributed by atoms with Crippen molar-refractivity contribution < 1.29 is 14.4 Å². The molecule has 2 aliphatic heterocycles. The number of nitrogens with one attached hydrogen (secondary N) is 3. The minimum atomic E-state index is -0.234. The Morgan fingerprint density at radius 2 is 2.00 bits per heavy atom. The quantitative estimate of drug-likeness (QED) is 0.721. The second-order valence-electron chi connectivity index (χ2n) is 7.76. The van der Waals surface area contributed by atoms with Crippen molar-refractivity contribution in [3.05, 3.63) is 29.8 Å². The van der Waals surface area contributed by atoms with Crippen LogP contribution in [0.2, 0.25) is 0 Å². The minimum Gasteiger partial charge on any atom is -0.337 e. The van der Waals surface area contributed by atoms with E-state index >= 15 is 0 Å². The van der Waals surface area contributed by atoms with E-state index in [2.05, 4.69) is 16.0 Å². The first kappa shape index (κ1) is 18.7. The highest BCUT2D eigenvalue weighted by molar-refractivity contribution is 5.97. The van der Waals surface area contributed by atoms with Crippen LogP contribution in [0.15, 0.2) is 24.3 Å². The summed E-state index contributed by atoms with van der Waals surface area (Å²) in [6.45, 7) is 3.12. The number of carbonyl (C=O) groups excluding carboxylic acids is 3. The van der Waals surface area contributed by atoms with E-state index in [9.17, 15) is 14.4 Å². The number of nitrogens with zero attached hydrogens (tertiary/aromatic N) is 2. The second-order valence-corrected chi connectivity index (χ2v) is 7.76. The number of benzene rings is 1. The first-order valence-corrected chi connectivity index (χ1v) is 10.1. The summed E-state index contributed by atoms with van der Waals surface area (Å²) in [7, 11) is 0. The molecule has 1 aromatic carbocycles. The molecule has 1 atom stereocenters. The molecule has 3 fully saturated rings. The van der Waals surface area contributed by atoms with Crippen LogP contribution in [0.5, 0.6) is 0 Å². The molecular weight excluding hydrogens is 358 g/mol. The van der Waals surface area contributed by atoms with Gasteiger partial charge in [-0.15, -0.1) is 0 Å². The largest absolute Gasteiger partial charge is 0.337 e. The molecule has 8 nitrogen and oxygen atoms in total. The maximum absolute atomic E-state index is 13.0. The van der Waals surface area contributed by atoms with E-state index in [1.165, 1.54) is 0 Å². The number of hydrogen-bond donors (Lipinski definition) is 3. The van der Waals surface area contributed by atoms with Crippen LogP contribution in [0.3, 0.4) is 0 Å². The Hall–Kier alpha value is -2.61. The summed E-state index contributed by atoms with van der Waals surface area (Å²) in [5.41, 5.74) is 1.16. The molecule has 1 saturated carbocycles. The lowest BCUT2D eigenvalue weighted by molar-refractivity contribution is -0.135. The van der Waals surface area contributed by atoms with E-state index in [1.807, 2.05) is 9.80 Å². The molecule has 3 N–H and O–H groups in total. The van der Waals surface area contributed by atoms with Crippen molar-refractivity contribution in [2.24, 2.45) is 0 Å². The van der Waals surface area contributed by atoms with Crippen LogP contribution in [0, 0.1) is 0 Å². The highest BCUT2D eigenvalue weighted by atomic mass is 16.2. The summed E-state index contributed by atoms with van der Waals surface area (Å²) >= 11 is 0. The zero-order chi connectivity index (χ0) is 19.5. The molecule has 2 heterocycles. The maximum Gasteiger partial charge on any atom is 0.319 e. The molecule has 0 bridgehead atoms. The van der Waals surface area contributed by atoms with Crippen molar-refractivity contribution in [2.45, 2.75) is 37.8 Å².